The number of hydrogen-bond donors (Lipinski definition) is 2. The third-order valence-corrected chi connectivity index (χ3v) is 2.25. The zero-order valence-electron chi connectivity index (χ0n) is 10.4. The molecule has 1 aromatic carbocycles. The van der Waals surface area contributed by atoms with Gasteiger partial charge in [0.05, 0.1) is 0 Å². The van der Waals surface area contributed by atoms with Crippen LogP contribution in [0.15, 0.2) is 24.3 Å². The van der Waals surface area contributed by atoms with Crippen molar-refractivity contribution in [2.45, 2.75) is 20.8 Å². The molecule has 1 aromatic rings. The fourth-order valence-electron chi connectivity index (χ4n) is 1.29. The molecule has 1 rings (SSSR count). The Morgan fingerprint density at radius 1 is 1.29 bits per heavy atom. The molecule has 0 saturated carbocycles. The van der Waals surface area contributed by atoms with Gasteiger partial charge in [0, 0.05) is 23.7 Å². The number of nitrogens with one attached hydrogen (secondary N) is 2. The van der Waals surface area contributed by atoms with Crippen molar-refractivity contribution >= 4 is 17.5 Å². The first-order valence-corrected chi connectivity index (χ1v) is 5.73. The second-order valence-corrected chi connectivity index (χ2v) is 4.08. The summed E-state index contributed by atoms with van der Waals surface area (Å²) in [4.78, 5) is 23.1. The lowest BCUT2D eigenvalue weighted by atomic mass is 10.1. The average molecular weight is 234 g/mol. The highest BCUT2D eigenvalue weighted by molar-refractivity contribution is 5.97. The van der Waals surface area contributed by atoms with Gasteiger partial charge in [0.25, 0.3) is 5.91 Å². The average Bonchev–Trinajstić information content (AvgIpc) is 2.29. The van der Waals surface area contributed by atoms with Crippen LogP contribution in [0.3, 0.4) is 0 Å². The Balaban J connectivity index is 2.79. The summed E-state index contributed by atoms with van der Waals surface area (Å²) >= 11 is 0. The van der Waals surface area contributed by atoms with Crippen molar-refractivity contribution in [3.63, 3.8) is 0 Å². The molecule has 0 radical (unpaired) electrons. The Bertz CT molecular complexity index is 414. The molecule has 2 amide bonds. The molecule has 0 saturated heterocycles. The predicted molar refractivity (Wildman–Crippen MR) is 67.9 cm³/mol. The van der Waals surface area contributed by atoms with Gasteiger partial charge < -0.3 is 10.6 Å². The Morgan fingerprint density at radius 3 is 2.59 bits per heavy atom. The SMILES string of the molecule is CCNC(=O)c1cccc(NC(=O)C(C)C)c1. The molecule has 2 N–H and O–H groups in total. The van der Waals surface area contributed by atoms with E-state index in [-0.39, 0.29) is 17.7 Å². The molecule has 0 aliphatic carbocycles. The third-order valence-electron chi connectivity index (χ3n) is 2.25. The molecule has 4 nitrogen and oxygen atoms in total. The summed E-state index contributed by atoms with van der Waals surface area (Å²) in [6.07, 6.45) is 0. The quantitative estimate of drug-likeness (QED) is 0.837. The molecule has 0 aromatic heterocycles. The third kappa shape index (κ3) is 3.90. The van der Waals surface area contributed by atoms with Gasteiger partial charge in [-0.05, 0) is 25.1 Å². The van der Waals surface area contributed by atoms with Crippen molar-refractivity contribution < 1.29 is 9.59 Å². The van der Waals surface area contributed by atoms with Crippen LogP contribution in [0, 0.1) is 5.92 Å². The van der Waals surface area contributed by atoms with E-state index >= 15 is 0 Å². The first-order chi connectivity index (χ1) is 8.04. The van der Waals surface area contributed by atoms with Gasteiger partial charge in [0.2, 0.25) is 5.91 Å². The number of benzene rings is 1. The second-order valence-electron chi connectivity index (χ2n) is 4.08. The van der Waals surface area contributed by atoms with E-state index in [0.717, 1.165) is 0 Å². The Kier molecular flexibility index (Phi) is 4.69. The molecule has 4 heteroatoms. The van der Waals surface area contributed by atoms with Crippen molar-refractivity contribution in [2.24, 2.45) is 5.92 Å². The van der Waals surface area contributed by atoms with Gasteiger partial charge in [-0.3, -0.25) is 9.59 Å². The van der Waals surface area contributed by atoms with E-state index in [0.29, 0.717) is 17.8 Å². The van der Waals surface area contributed by atoms with E-state index in [2.05, 4.69) is 10.6 Å². The van der Waals surface area contributed by atoms with Crippen LogP contribution in [0.2, 0.25) is 0 Å². The molecule has 0 heterocycles. The summed E-state index contributed by atoms with van der Waals surface area (Å²) in [7, 11) is 0. The normalized spacial score (nSPS) is 10.1. The first-order valence-electron chi connectivity index (χ1n) is 5.73. The van der Waals surface area contributed by atoms with Crippen LogP contribution in [0.5, 0.6) is 0 Å². The summed E-state index contributed by atoms with van der Waals surface area (Å²) in [6, 6.07) is 6.91. The smallest absolute Gasteiger partial charge is 0.251 e. The van der Waals surface area contributed by atoms with Gasteiger partial charge >= 0.3 is 0 Å². The molecule has 0 aliphatic heterocycles. The van der Waals surface area contributed by atoms with Crippen LogP contribution >= 0.6 is 0 Å². The summed E-state index contributed by atoms with van der Waals surface area (Å²) in [5.74, 6) is -0.269. The molecule has 92 valence electrons. The number of amides is 2. The minimum atomic E-state index is -0.131. The molecule has 0 bridgehead atoms. The molecule has 17 heavy (non-hydrogen) atoms. The Morgan fingerprint density at radius 2 is 2.00 bits per heavy atom. The van der Waals surface area contributed by atoms with Gasteiger partial charge in [-0.2, -0.15) is 0 Å². The minimum absolute atomic E-state index is 0.0574. The van der Waals surface area contributed by atoms with Crippen molar-refractivity contribution in [3.05, 3.63) is 29.8 Å². The van der Waals surface area contributed by atoms with Crippen molar-refractivity contribution in [2.75, 3.05) is 11.9 Å². The van der Waals surface area contributed by atoms with Crippen molar-refractivity contribution in [1.82, 2.24) is 5.32 Å². The zero-order chi connectivity index (χ0) is 12.8. The van der Waals surface area contributed by atoms with Crippen LogP contribution in [0.25, 0.3) is 0 Å². The summed E-state index contributed by atoms with van der Waals surface area (Å²) in [5, 5.41) is 5.47. The number of carbonyl (C=O) groups excluding carboxylic acids is 2. The summed E-state index contributed by atoms with van der Waals surface area (Å²) < 4.78 is 0. The number of anilines is 1. The lowest BCUT2D eigenvalue weighted by molar-refractivity contribution is -0.118. The molecular formula is C13H18N2O2. The Labute approximate surface area is 101 Å². The van der Waals surface area contributed by atoms with E-state index < -0.39 is 0 Å². The van der Waals surface area contributed by atoms with Crippen LogP contribution in [0.4, 0.5) is 5.69 Å². The summed E-state index contributed by atoms with van der Waals surface area (Å²) in [6.45, 7) is 6.09. The van der Waals surface area contributed by atoms with Crippen molar-refractivity contribution in [3.8, 4) is 0 Å². The maximum atomic E-state index is 11.6. The number of hydrogen-bond acceptors (Lipinski definition) is 2. The van der Waals surface area contributed by atoms with Crippen LogP contribution in [-0.4, -0.2) is 18.4 Å². The van der Waals surface area contributed by atoms with Crippen molar-refractivity contribution in [1.29, 1.82) is 0 Å². The van der Waals surface area contributed by atoms with Crippen LogP contribution in [0.1, 0.15) is 31.1 Å². The monoisotopic (exact) mass is 234 g/mol. The standard InChI is InChI=1S/C13H18N2O2/c1-4-14-13(17)10-6-5-7-11(8-10)15-12(16)9(2)3/h5-9H,4H2,1-3H3,(H,14,17)(H,15,16). The van der Waals surface area contributed by atoms with Gasteiger partial charge in [0.15, 0.2) is 0 Å². The van der Waals surface area contributed by atoms with Gasteiger partial charge in [-0.15, -0.1) is 0 Å². The predicted octanol–water partition coefficient (Wildman–Crippen LogP) is 2.03. The summed E-state index contributed by atoms with van der Waals surface area (Å²) in [5.41, 5.74) is 1.20. The lowest BCUT2D eigenvalue weighted by Crippen LogP contribution is -2.23. The molecule has 0 aliphatic rings. The van der Waals surface area contributed by atoms with E-state index in [1.54, 1.807) is 24.3 Å². The molecule has 0 fully saturated rings. The molecule has 0 spiro atoms. The van der Waals surface area contributed by atoms with E-state index in [1.165, 1.54) is 0 Å². The zero-order valence-corrected chi connectivity index (χ0v) is 10.4. The molecule has 0 unspecified atom stereocenters. The number of carbonyl (C=O) groups is 2. The van der Waals surface area contributed by atoms with E-state index in [1.807, 2.05) is 20.8 Å². The highest BCUT2D eigenvalue weighted by Crippen LogP contribution is 2.11. The van der Waals surface area contributed by atoms with Gasteiger partial charge in [-0.1, -0.05) is 19.9 Å². The maximum absolute atomic E-state index is 11.6. The highest BCUT2D eigenvalue weighted by Gasteiger charge is 2.09. The minimum Gasteiger partial charge on any atom is -0.352 e. The fourth-order valence-corrected chi connectivity index (χ4v) is 1.29. The van der Waals surface area contributed by atoms with Crippen LogP contribution in [-0.2, 0) is 4.79 Å². The fraction of sp³-hybridized carbons (Fsp3) is 0.385. The number of rotatable bonds is 4. The second kappa shape index (κ2) is 6.03. The largest absolute Gasteiger partial charge is 0.352 e. The van der Waals surface area contributed by atoms with Gasteiger partial charge in [0.1, 0.15) is 0 Å². The van der Waals surface area contributed by atoms with Crippen LogP contribution < -0.4 is 10.6 Å². The molecular weight excluding hydrogens is 216 g/mol. The van der Waals surface area contributed by atoms with E-state index in [4.69, 9.17) is 0 Å². The van der Waals surface area contributed by atoms with E-state index in [9.17, 15) is 9.59 Å². The van der Waals surface area contributed by atoms with Gasteiger partial charge in [-0.25, -0.2) is 0 Å². The first kappa shape index (κ1) is 13.2. The molecule has 0 atom stereocenters. The Hall–Kier alpha value is -1.84. The maximum Gasteiger partial charge on any atom is 0.251 e. The lowest BCUT2D eigenvalue weighted by Gasteiger charge is -2.09. The topological polar surface area (TPSA) is 58.2 Å². The highest BCUT2D eigenvalue weighted by atomic mass is 16.2.